The minimum atomic E-state index is 0.733. The largest absolute Gasteiger partial charge is 0.361 e. The normalized spacial score (nSPS) is 20.8. The highest BCUT2D eigenvalue weighted by molar-refractivity contribution is 5.20. The monoisotopic (exact) mass is 279 g/mol. The van der Waals surface area contributed by atoms with Crippen molar-refractivity contribution in [2.45, 2.75) is 47.1 Å². The molecule has 1 atom stereocenters. The molecule has 1 fully saturated rings. The molecule has 0 aromatic carbocycles. The van der Waals surface area contributed by atoms with E-state index < -0.39 is 0 Å². The quantitative estimate of drug-likeness (QED) is 0.869. The maximum Gasteiger partial charge on any atom is 0.138 e. The van der Waals surface area contributed by atoms with Crippen molar-refractivity contribution in [2.24, 2.45) is 11.8 Å². The number of hydrogen-bond donors (Lipinski definition) is 1. The molecule has 2 heterocycles. The number of aromatic nitrogens is 1. The van der Waals surface area contributed by atoms with Gasteiger partial charge in [0, 0.05) is 18.7 Å². The summed E-state index contributed by atoms with van der Waals surface area (Å²) in [5.41, 5.74) is 2.32. The molecule has 1 saturated heterocycles. The van der Waals surface area contributed by atoms with Crippen LogP contribution in [0.25, 0.3) is 0 Å². The second kappa shape index (κ2) is 7.23. The third kappa shape index (κ3) is 4.32. The molecule has 0 bridgehead atoms. The SMILES string of the molecule is Cc1noc(C)c1CN1CCCC(CNCC(C)C)C1. The first-order valence-corrected chi connectivity index (χ1v) is 7.91. The zero-order chi connectivity index (χ0) is 14.5. The smallest absolute Gasteiger partial charge is 0.138 e. The van der Waals surface area contributed by atoms with E-state index in [2.05, 4.69) is 29.2 Å². The van der Waals surface area contributed by atoms with Crippen molar-refractivity contribution in [2.75, 3.05) is 26.2 Å². The lowest BCUT2D eigenvalue weighted by Gasteiger charge is -2.33. The number of piperidine rings is 1. The van der Waals surface area contributed by atoms with Crippen LogP contribution in [0.1, 0.15) is 43.7 Å². The molecule has 4 nitrogen and oxygen atoms in total. The fourth-order valence-electron chi connectivity index (χ4n) is 2.99. The Hall–Kier alpha value is -0.870. The van der Waals surface area contributed by atoms with Gasteiger partial charge in [0.05, 0.1) is 5.69 Å². The summed E-state index contributed by atoms with van der Waals surface area (Å²) >= 11 is 0. The number of aryl methyl sites for hydroxylation is 2. The van der Waals surface area contributed by atoms with Gasteiger partial charge in [0.25, 0.3) is 0 Å². The standard InChI is InChI=1S/C16H29N3O/c1-12(2)8-17-9-15-6-5-7-19(10-15)11-16-13(3)18-20-14(16)4/h12,15,17H,5-11H2,1-4H3. The summed E-state index contributed by atoms with van der Waals surface area (Å²) in [4.78, 5) is 2.55. The highest BCUT2D eigenvalue weighted by atomic mass is 16.5. The molecule has 1 aliphatic rings. The van der Waals surface area contributed by atoms with E-state index in [1.165, 1.54) is 31.5 Å². The molecule has 114 valence electrons. The van der Waals surface area contributed by atoms with Gasteiger partial charge in [-0.3, -0.25) is 4.90 Å². The molecular weight excluding hydrogens is 250 g/mol. The highest BCUT2D eigenvalue weighted by Gasteiger charge is 2.21. The summed E-state index contributed by atoms with van der Waals surface area (Å²) < 4.78 is 5.27. The van der Waals surface area contributed by atoms with Gasteiger partial charge >= 0.3 is 0 Å². The van der Waals surface area contributed by atoms with Crippen LogP contribution < -0.4 is 5.32 Å². The summed E-state index contributed by atoms with van der Waals surface area (Å²) in [5, 5.41) is 7.65. The fourth-order valence-corrected chi connectivity index (χ4v) is 2.99. The molecule has 1 aliphatic heterocycles. The van der Waals surface area contributed by atoms with E-state index in [0.717, 1.165) is 42.9 Å². The van der Waals surface area contributed by atoms with Crippen molar-refractivity contribution in [3.8, 4) is 0 Å². The second-order valence-electron chi connectivity index (χ2n) is 6.60. The predicted molar refractivity (Wildman–Crippen MR) is 81.7 cm³/mol. The van der Waals surface area contributed by atoms with Crippen molar-refractivity contribution >= 4 is 0 Å². The van der Waals surface area contributed by atoms with Crippen LogP contribution in [-0.2, 0) is 6.54 Å². The predicted octanol–water partition coefficient (Wildman–Crippen LogP) is 2.75. The average molecular weight is 279 g/mol. The number of nitrogens with one attached hydrogen (secondary N) is 1. The Balaban J connectivity index is 1.81. The Labute approximate surface area is 122 Å². The Bertz CT molecular complexity index is 394. The lowest BCUT2D eigenvalue weighted by molar-refractivity contribution is 0.164. The molecule has 1 aromatic rings. The van der Waals surface area contributed by atoms with Crippen LogP contribution >= 0.6 is 0 Å². The van der Waals surface area contributed by atoms with Gasteiger partial charge in [0.15, 0.2) is 0 Å². The van der Waals surface area contributed by atoms with Gasteiger partial charge in [0.1, 0.15) is 5.76 Å². The van der Waals surface area contributed by atoms with Gasteiger partial charge in [-0.25, -0.2) is 0 Å². The summed E-state index contributed by atoms with van der Waals surface area (Å²) in [6.07, 6.45) is 2.65. The van der Waals surface area contributed by atoms with Crippen molar-refractivity contribution in [3.05, 3.63) is 17.0 Å². The van der Waals surface area contributed by atoms with E-state index in [9.17, 15) is 0 Å². The van der Waals surface area contributed by atoms with Crippen LogP contribution in [0.15, 0.2) is 4.52 Å². The van der Waals surface area contributed by atoms with Gasteiger partial charge in [-0.05, 0) is 58.2 Å². The van der Waals surface area contributed by atoms with Crippen molar-refractivity contribution in [1.82, 2.24) is 15.4 Å². The number of nitrogens with zero attached hydrogens (tertiary/aromatic N) is 2. The summed E-state index contributed by atoms with van der Waals surface area (Å²) in [7, 11) is 0. The molecule has 0 spiro atoms. The van der Waals surface area contributed by atoms with Crippen molar-refractivity contribution in [1.29, 1.82) is 0 Å². The van der Waals surface area contributed by atoms with Crippen LogP contribution in [0.4, 0.5) is 0 Å². The van der Waals surface area contributed by atoms with Gasteiger partial charge < -0.3 is 9.84 Å². The Morgan fingerprint density at radius 1 is 1.40 bits per heavy atom. The van der Waals surface area contributed by atoms with E-state index in [1.54, 1.807) is 0 Å². The van der Waals surface area contributed by atoms with Crippen LogP contribution in [0.5, 0.6) is 0 Å². The number of likely N-dealkylation sites (tertiary alicyclic amines) is 1. The zero-order valence-electron chi connectivity index (χ0n) is 13.4. The van der Waals surface area contributed by atoms with E-state index in [4.69, 9.17) is 4.52 Å². The lowest BCUT2D eigenvalue weighted by Crippen LogP contribution is -2.40. The minimum Gasteiger partial charge on any atom is -0.361 e. The molecule has 4 heteroatoms. The molecule has 0 aliphatic carbocycles. The maximum absolute atomic E-state index is 5.27. The second-order valence-corrected chi connectivity index (χ2v) is 6.60. The molecule has 1 N–H and O–H groups in total. The Morgan fingerprint density at radius 3 is 2.85 bits per heavy atom. The van der Waals surface area contributed by atoms with Gasteiger partial charge in [0.2, 0.25) is 0 Å². The third-order valence-electron chi connectivity index (χ3n) is 4.15. The van der Waals surface area contributed by atoms with Crippen LogP contribution in [0, 0.1) is 25.7 Å². The van der Waals surface area contributed by atoms with E-state index in [1.807, 2.05) is 13.8 Å². The lowest BCUT2D eigenvalue weighted by atomic mass is 9.97. The van der Waals surface area contributed by atoms with Gasteiger partial charge in [-0.2, -0.15) is 0 Å². The van der Waals surface area contributed by atoms with Gasteiger partial charge in [-0.15, -0.1) is 0 Å². The summed E-state index contributed by atoms with van der Waals surface area (Å²) in [6.45, 7) is 14.2. The molecule has 1 aromatic heterocycles. The van der Waals surface area contributed by atoms with Crippen molar-refractivity contribution < 1.29 is 4.52 Å². The molecule has 2 rings (SSSR count). The van der Waals surface area contributed by atoms with Crippen LogP contribution in [0.2, 0.25) is 0 Å². The fraction of sp³-hybridized carbons (Fsp3) is 0.812. The molecule has 20 heavy (non-hydrogen) atoms. The highest BCUT2D eigenvalue weighted by Crippen LogP contribution is 2.21. The molecule has 0 saturated carbocycles. The van der Waals surface area contributed by atoms with Crippen LogP contribution in [-0.4, -0.2) is 36.2 Å². The molecule has 0 radical (unpaired) electrons. The van der Waals surface area contributed by atoms with Gasteiger partial charge in [-0.1, -0.05) is 19.0 Å². The number of rotatable bonds is 6. The number of hydrogen-bond acceptors (Lipinski definition) is 4. The van der Waals surface area contributed by atoms with Crippen molar-refractivity contribution in [3.63, 3.8) is 0 Å². The van der Waals surface area contributed by atoms with Crippen LogP contribution in [0.3, 0.4) is 0 Å². The third-order valence-corrected chi connectivity index (χ3v) is 4.15. The van der Waals surface area contributed by atoms with E-state index in [0.29, 0.717) is 0 Å². The molecule has 0 amide bonds. The minimum absolute atomic E-state index is 0.733. The topological polar surface area (TPSA) is 41.3 Å². The Morgan fingerprint density at radius 2 is 2.20 bits per heavy atom. The first-order valence-electron chi connectivity index (χ1n) is 7.91. The Kier molecular flexibility index (Phi) is 5.61. The zero-order valence-corrected chi connectivity index (χ0v) is 13.4. The maximum atomic E-state index is 5.27. The van der Waals surface area contributed by atoms with E-state index in [-0.39, 0.29) is 0 Å². The first kappa shape index (κ1) is 15.5. The van der Waals surface area contributed by atoms with E-state index >= 15 is 0 Å². The molecular formula is C16H29N3O. The summed E-state index contributed by atoms with van der Waals surface area (Å²) in [6, 6.07) is 0. The molecule has 1 unspecified atom stereocenters. The first-order chi connectivity index (χ1) is 9.56. The average Bonchev–Trinajstić information content (AvgIpc) is 2.71. The summed E-state index contributed by atoms with van der Waals surface area (Å²) in [5.74, 6) is 2.49.